The Morgan fingerprint density at radius 1 is 1.25 bits per heavy atom. The van der Waals surface area contributed by atoms with Crippen molar-refractivity contribution in [3.63, 3.8) is 0 Å². The molecule has 0 bridgehead atoms. The lowest BCUT2D eigenvalue weighted by Gasteiger charge is -1.99. The standard InChI is InChI=1S/C15H16O5/c1-2-18-15(17)8-6-12(16)5-3-11-4-7-13-14(9-11)20-10-19-13/h3-5,7,9H,2,6,8,10H2,1H3/b5-3-. The van der Waals surface area contributed by atoms with Gasteiger partial charge in [0.05, 0.1) is 13.0 Å². The van der Waals surface area contributed by atoms with Crippen molar-refractivity contribution in [2.75, 3.05) is 13.4 Å². The zero-order valence-corrected chi connectivity index (χ0v) is 11.3. The van der Waals surface area contributed by atoms with E-state index in [1.807, 2.05) is 6.07 Å². The summed E-state index contributed by atoms with van der Waals surface area (Å²) in [6.45, 7) is 2.29. The minimum Gasteiger partial charge on any atom is -0.466 e. The van der Waals surface area contributed by atoms with Crippen molar-refractivity contribution >= 4 is 17.8 Å². The quantitative estimate of drug-likeness (QED) is 0.589. The summed E-state index contributed by atoms with van der Waals surface area (Å²) in [5, 5.41) is 0. The largest absolute Gasteiger partial charge is 0.466 e. The Balaban J connectivity index is 1.86. The van der Waals surface area contributed by atoms with E-state index in [1.54, 1.807) is 25.1 Å². The van der Waals surface area contributed by atoms with Gasteiger partial charge in [-0.2, -0.15) is 0 Å². The molecule has 0 saturated carbocycles. The normalized spacial score (nSPS) is 12.7. The molecule has 0 unspecified atom stereocenters. The smallest absolute Gasteiger partial charge is 0.306 e. The van der Waals surface area contributed by atoms with Gasteiger partial charge < -0.3 is 14.2 Å². The van der Waals surface area contributed by atoms with Crippen LogP contribution in [0.2, 0.25) is 0 Å². The number of carbonyl (C=O) groups is 2. The third-order valence-corrected chi connectivity index (χ3v) is 2.74. The molecule has 1 aromatic rings. The van der Waals surface area contributed by atoms with E-state index in [9.17, 15) is 9.59 Å². The van der Waals surface area contributed by atoms with Crippen molar-refractivity contribution < 1.29 is 23.8 Å². The maximum absolute atomic E-state index is 11.6. The van der Waals surface area contributed by atoms with Crippen LogP contribution in [0.25, 0.3) is 6.08 Å². The molecule has 0 aliphatic carbocycles. The molecule has 0 saturated heterocycles. The second kappa shape index (κ2) is 6.75. The SMILES string of the molecule is CCOC(=O)CCC(=O)/C=C\c1ccc2c(c1)OCO2. The van der Waals surface area contributed by atoms with E-state index in [-0.39, 0.29) is 31.4 Å². The van der Waals surface area contributed by atoms with Crippen LogP contribution in [0.15, 0.2) is 24.3 Å². The first-order chi connectivity index (χ1) is 9.69. The van der Waals surface area contributed by atoms with Crippen LogP contribution in [0.4, 0.5) is 0 Å². The highest BCUT2D eigenvalue weighted by molar-refractivity contribution is 5.95. The molecule has 0 atom stereocenters. The Kier molecular flexibility index (Phi) is 4.76. The van der Waals surface area contributed by atoms with E-state index in [0.29, 0.717) is 18.1 Å². The molecule has 1 aromatic carbocycles. The van der Waals surface area contributed by atoms with E-state index < -0.39 is 0 Å². The molecule has 20 heavy (non-hydrogen) atoms. The lowest BCUT2D eigenvalue weighted by atomic mass is 10.1. The summed E-state index contributed by atoms with van der Waals surface area (Å²) in [5.74, 6) is 0.912. The minimum atomic E-state index is -0.350. The predicted octanol–water partition coefficient (Wildman–Crippen LogP) is 2.34. The first-order valence-electron chi connectivity index (χ1n) is 6.45. The molecule has 5 heteroatoms. The van der Waals surface area contributed by atoms with Crippen molar-refractivity contribution in [3.8, 4) is 11.5 Å². The fourth-order valence-electron chi connectivity index (χ4n) is 1.75. The Labute approximate surface area is 117 Å². The van der Waals surface area contributed by atoms with Crippen LogP contribution in [0.3, 0.4) is 0 Å². The van der Waals surface area contributed by atoms with E-state index in [4.69, 9.17) is 14.2 Å². The Morgan fingerprint density at radius 2 is 2.05 bits per heavy atom. The van der Waals surface area contributed by atoms with Gasteiger partial charge in [-0.1, -0.05) is 12.1 Å². The zero-order chi connectivity index (χ0) is 14.4. The average Bonchev–Trinajstić information content (AvgIpc) is 2.90. The summed E-state index contributed by atoms with van der Waals surface area (Å²) in [6, 6.07) is 5.44. The van der Waals surface area contributed by atoms with Crippen molar-refractivity contribution in [1.82, 2.24) is 0 Å². The van der Waals surface area contributed by atoms with Gasteiger partial charge in [-0.3, -0.25) is 9.59 Å². The summed E-state index contributed by atoms with van der Waals surface area (Å²) < 4.78 is 15.2. The maximum Gasteiger partial charge on any atom is 0.306 e. The third kappa shape index (κ3) is 3.85. The predicted molar refractivity (Wildman–Crippen MR) is 72.5 cm³/mol. The Morgan fingerprint density at radius 3 is 2.85 bits per heavy atom. The number of carbonyl (C=O) groups excluding carboxylic acids is 2. The van der Waals surface area contributed by atoms with Gasteiger partial charge >= 0.3 is 5.97 Å². The van der Waals surface area contributed by atoms with Gasteiger partial charge in [0.25, 0.3) is 0 Å². The Hall–Kier alpha value is -2.30. The number of allylic oxidation sites excluding steroid dienone is 1. The van der Waals surface area contributed by atoms with Crippen molar-refractivity contribution in [2.24, 2.45) is 0 Å². The maximum atomic E-state index is 11.6. The molecule has 1 aliphatic heterocycles. The molecule has 0 radical (unpaired) electrons. The molecular formula is C15H16O5. The first-order valence-corrected chi connectivity index (χ1v) is 6.45. The third-order valence-electron chi connectivity index (χ3n) is 2.74. The molecule has 5 nitrogen and oxygen atoms in total. The van der Waals surface area contributed by atoms with E-state index in [2.05, 4.69) is 0 Å². The van der Waals surface area contributed by atoms with Gasteiger partial charge in [-0.15, -0.1) is 0 Å². The summed E-state index contributed by atoms with van der Waals surface area (Å²) in [7, 11) is 0. The molecule has 1 heterocycles. The fourth-order valence-corrected chi connectivity index (χ4v) is 1.75. The highest BCUT2D eigenvalue weighted by Gasteiger charge is 2.12. The number of fused-ring (bicyclic) bond motifs is 1. The molecule has 0 aromatic heterocycles. The average molecular weight is 276 g/mol. The van der Waals surface area contributed by atoms with E-state index in [1.165, 1.54) is 6.08 Å². The zero-order valence-electron chi connectivity index (χ0n) is 11.3. The van der Waals surface area contributed by atoms with Gasteiger partial charge in [0.15, 0.2) is 17.3 Å². The van der Waals surface area contributed by atoms with Crippen LogP contribution >= 0.6 is 0 Å². The van der Waals surface area contributed by atoms with Crippen LogP contribution < -0.4 is 9.47 Å². The highest BCUT2D eigenvalue weighted by atomic mass is 16.7. The molecule has 0 spiro atoms. The highest BCUT2D eigenvalue weighted by Crippen LogP contribution is 2.32. The van der Waals surface area contributed by atoms with Crippen molar-refractivity contribution in [1.29, 1.82) is 0 Å². The van der Waals surface area contributed by atoms with Crippen molar-refractivity contribution in [3.05, 3.63) is 29.8 Å². The first kappa shape index (κ1) is 14.1. The molecule has 1 aliphatic rings. The molecule has 0 amide bonds. The topological polar surface area (TPSA) is 61.8 Å². The van der Waals surface area contributed by atoms with Crippen LogP contribution in [0.5, 0.6) is 11.5 Å². The van der Waals surface area contributed by atoms with Crippen LogP contribution in [-0.2, 0) is 14.3 Å². The van der Waals surface area contributed by atoms with Gasteiger partial charge in [-0.25, -0.2) is 0 Å². The van der Waals surface area contributed by atoms with E-state index in [0.717, 1.165) is 5.56 Å². The van der Waals surface area contributed by atoms with Gasteiger partial charge in [0.2, 0.25) is 6.79 Å². The molecule has 0 N–H and O–H groups in total. The number of ether oxygens (including phenoxy) is 3. The molecule has 106 valence electrons. The summed E-state index contributed by atoms with van der Waals surface area (Å²) in [5.41, 5.74) is 0.846. The number of hydrogen-bond acceptors (Lipinski definition) is 5. The lowest BCUT2D eigenvalue weighted by Crippen LogP contribution is -2.06. The monoisotopic (exact) mass is 276 g/mol. The lowest BCUT2D eigenvalue weighted by molar-refractivity contribution is -0.144. The van der Waals surface area contributed by atoms with Crippen LogP contribution in [0, 0.1) is 0 Å². The number of hydrogen-bond donors (Lipinski definition) is 0. The number of benzene rings is 1. The fraction of sp³-hybridized carbons (Fsp3) is 0.333. The van der Waals surface area contributed by atoms with Crippen LogP contribution in [-0.4, -0.2) is 25.2 Å². The number of rotatable bonds is 6. The second-order valence-corrected chi connectivity index (χ2v) is 4.22. The number of esters is 1. The second-order valence-electron chi connectivity index (χ2n) is 4.22. The Bertz CT molecular complexity index is 533. The van der Waals surface area contributed by atoms with Gasteiger partial charge in [-0.05, 0) is 30.7 Å². The molecule has 0 fully saturated rings. The minimum absolute atomic E-state index is 0.109. The van der Waals surface area contributed by atoms with E-state index >= 15 is 0 Å². The summed E-state index contributed by atoms with van der Waals surface area (Å²) in [6.07, 6.45) is 3.41. The summed E-state index contributed by atoms with van der Waals surface area (Å²) >= 11 is 0. The van der Waals surface area contributed by atoms with Gasteiger partial charge in [0.1, 0.15) is 0 Å². The van der Waals surface area contributed by atoms with Gasteiger partial charge in [0, 0.05) is 6.42 Å². The van der Waals surface area contributed by atoms with Crippen molar-refractivity contribution in [2.45, 2.75) is 19.8 Å². The molecule has 2 rings (SSSR count). The summed E-state index contributed by atoms with van der Waals surface area (Å²) in [4.78, 5) is 22.7. The molecular weight excluding hydrogens is 260 g/mol. The number of ketones is 1. The van der Waals surface area contributed by atoms with Crippen LogP contribution in [0.1, 0.15) is 25.3 Å².